The molecule has 1 rings (SSSR count). The van der Waals surface area contributed by atoms with Crippen LogP contribution in [0.3, 0.4) is 0 Å². The molecule has 0 bridgehead atoms. The van der Waals surface area contributed by atoms with Gasteiger partial charge in [0.05, 0.1) is 18.8 Å². The molecule has 0 aromatic heterocycles. The molecular formula is C13H18FNO4. The van der Waals surface area contributed by atoms with E-state index < -0.39 is 36.6 Å². The third-order valence-corrected chi connectivity index (χ3v) is 2.63. The highest BCUT2D eigenvalue weighted by Gasteiger charge is 2.27. The average molecular weight is 271 g/mol. The largest absolute Gasteiger partial charge is 0.478 e. The van der Waals surface area contributed by atoms with Crippen molar-refractivity contribution >= 4 is 5.91 Å². The van der Waals surface area contributed by atoms with E-state index in [4.69, 9.17) is 14.9 Å². The Morgan fingerprint density at radius 1 is 1.42 bits per heavy atom. The zero-order chi connectivity index (χ0) is 14.5. The maximum atomic E-state index is 13.3. The topological polar surface area (TPSA) is 78.8 Å². The maximum Gasteiger partial charge on any atom is 0.261 e. The predicted molar refractivity (Wildman–Crippen MR) is 67.2 cm³/mol. The molecule has 106 valence electrons. The van der Waals surface area contributed by atoms with Crippen LogP contribution in [0.2, 0.25) is 0 Å². The number of aliphatic hydroxyl groups excluding tert-OH is 2. The molecule has 19 heavy (non-hydrogen) atoms. The Labute approximate surface area is 111 Å². The second kappa shape index (κ2) is 6.49. The minimum absolute atomic E-state index is 0.0279. The number of hydrogen-bond acceptors (Lipinski definition) is 4. The quantitative estimate of drug-likeness (QED) is 0.702. The summed E-state index contributed by atoms with van der Waals surface area (Å²) in [6.07, 6.45) is -0.950. The van der Waals surface area contributed by atoms with Gasteiger partial charge in [0.1, 0.15) is 0 Å². The van der Waals surface area contributed by atoms with Gasteiger partial charge in [-0.25, -0.2) is 4.39 Å². The van der Waals surface area contributed by atoms with Crippen molar-refractivity contribution in [3.63, 3.8) is 0 Å². The summed E-state index contributed by atoms with van der Waals surface area (Å²) in [5, 5.41) is 20.6. The molecule has 0 aliphatic heterocycles. The van der Waals surface area contributed by atoms with Gasteiger partial charge in [0.15, 0.2) is 17.7 Å². The van der Waals surface area contributed by atoms with E-state index in [1.807, 2.05) is 0 Å². The first-order valence-corrected chi connectivity index (χ1v) is 5.87. The summed E-state index contributed by atoms with van der Waals surface area (Å²) in [5.74, 6) is -1.14. The fourth-order valence-electron chi connectivity index (χ4n) is 1.31. The van der Waals surface area contributed by atoms with Crippen LogP contribution in [0, 0.1) is 5.82 Å². The predicted octanol–water partition coefficient (Wildman–Crippen LogP) is 0.452. The van der Waals surface area contributed by atoms with Gasteiger partial charge in [-0.2, -0.15) is 0 Å². The van der Waals surface area contributed by atoms with E-state index in [2.05, 4.69) is 5.32 Å². The molecule has 0 heterocycles. The number of hydrogen-bond donors (Lipinski definition) is 3. The Hall–Kier alpha value is -1.66. The lowest BCUT2D eigenvalue weighted by Gasteiger charge is -2.28. The van der Waals surface area contributed by atoms with E-state index in [9.17, 15) is 9.18 Å². The molecule has 1 aromatic carbocycles. The number of rotatable bonds is 6. The summed E-state index contributed by atoms with van der Waals surface area (Å²) in [6, 6.07) is 5.75. The number of halogens is 1. The van der Waals surface area contributed by atoms with Crippen molar-refractivity contribution in [2.24, 2.45) is 0 Å². The molecule has 0 saturated carbocycles. The van der Waals surface area contributed by atoms with Gasteiger partial charge in [-0.05, 0) is 26.0 Å². The first-order chi connectivity index (χ1) is 8.91. The number of benzene rings is 1. The normalized spacial score (nSPS) is 12.9. The van der Waals surface area contributed by atoms with Crippen molar-refractivity contribution in [3.05, 3.63) is 30.1 Å². The van der Waals surface area contributed by atoms with Crippen LogP contribution in [-0.4, -0.2) is 41.0 Å². The molecule has 1 unspecified atom stereocenters. The second-order valence-electron chi connectivity index (χ2n) is 4.56. The summed E-state index contributed by atoms with van der Waals surface area (Å²) >= 11 is 0. The molecule has 0 fully saturated rings. The molecule has 1 atom stereocenters. The van der Waals surface area contributed by atoms with E-state index in [1.165, 1.54) is 32.0 Å². The van der Waals surface area contributed by atoms with Gasteiger partial charge in [0, 0.05) is 0 Å². The van der Waals surface area contributed by atoms with Crippen molar-refractivity contribution in [1.29, 1.82) is 0 Å². The molecule has 6 heteroatoms. The Bertz CT molecular complexity index is 434. The van der Waals surface area contributed by atoms with Gasteiger partial charge in [-0.1, -0.05) is 12.1 Å². The number of carbonyl (C=O) groups excluding carboxylic acids is 1. The van der Waals surface area contributed by atoms with E-state index in [0.717, 1.165) is 0 Å². The van der Waals surface area contributed by atoms with Crippen LogP contribution in [0.4, 0.5) is 4.39 Å². The smallest absolute Gasteiger partial charge is 0.261 e. The first kappa shape index (κ1) is 15.4. The van der Waals surface area contributed by atoms with Gasteiger partial charge in [0.2, 0.25) is 0 Å². The van der Waals surface area contributed by atoms with Crippen LogP contribution < -0.4 is 10.1 Å². The summed E-state index contributed by atoms with van der Waals surface area (Å²) in [6.45, 7) is 2.11. The maximum absolute atomic E-state index is 13.3. The highest BCUT2D eigenvalue weighted by Crippen LogP contribution is 2.17. The van der Waals surface area contributed by atoms with E-state index in [1.54, 1.807) is 6.07 Å². The number of para-hydroxylation sites is 1. The fourth-order valence-corrected chi connectivity index (χ4v) is 1.31. The molecule has 3 N–H and O–H groups in total. The molecule has 0 spiro atoms. The van der Waals surface area contributed by atoms with Crippen LogP contribution in [0.25, 0.3) is 0 Å². The van der Waals surface area contributed by atoms with Crippen molar-refractivity contribution in [2.75, 3.05) is 13.2 Å². The van der Waals surface area contributed by atoms with Crippen molar-refractivity contribution in [1.82, 2.24) is 5.32 Å². The zero-order valence-electron chi connectivity index (χ0n) is 10.9. The Kier molecular flexibility index (Phi) is 5.26. The highest BCUT2D eigenvalue weighted by atomic mass is 19.1. The second-order valence-corrected chi connectivity index (χ2v) is 4.56. The molecule has 1 amide bonds. The lowest BCUT2D eigenvalue weighted by Crippen LogP contribution is -2.55. The van der Waals surface area contributed by atoms with Gasteiger partial charge in [-0.3, -0.25) is 4.79 Å². The Balaban J connectivity index is 2.66. The molecule has 0 aliphatic carbocycles. The summed E-state index contributed by atoms with van der Waals surface area (Å²) in [4.78, 5) is 11.8. The molecule has 5 nitrogen and oxygen atoms in total. The van der Waals surface area contributed by atoms with Crippen LogP contribution in [0.15, 0.2) is 24.3 Å². The SMILES string of the molecule is CC(Oc1ccccc1F)C(=O)NC(C)(CO)CO. The van der Waals surface area contributed by atoms with Crippen LogP contribution >= 0.6 is 0 Å². The van der Waals surface area contributed by atoms with Gasteiger partial charge >= 0.3 is 0 Å². The molecule has 0 aliphatic rings. The van der Waals surface area contributed by atoms with Crippen molar-refractivity contribution in [2.45, 2.75) is 25.5 Å². The summed E-state index contributed by atoms with van der Waals surface area (Å²) in [7, 11) is 0. The third kappa shape index (κ3) is 4.18. The van der Waals surface area contributed by atoms with Gasteiger partial charge < -0.3 is 20.3 Å². The zero-order valence-corrected chi connectivity index (χ0v) is 10.9. The molecular weight excluding hydrogens is 253 g/mol. The summed E-state index contributed by atoms with van der Waals surface area (Å²) in [5.41, 5.74) is -1.13. The molecule has 0 radical (unpaired) electrons. The lowest BCUT2D eigenvalue weighted by atomic mass is 10.1. The van der Waals surface area contributed by atoms with E-state index >= 15 is 0 Å². The third-order valence-electron chi connectivity index (χ3n) is 2.63. The minimum atomic E-state index is -1.13. The Morgan fingerprint density at radius 3 is 2.53 bits per heavy atom. The van der Waals surface area contributed by atoms with E-state index in [-0.39, 0.29) is 5.75 Å². The molecule has 1 aromatic rings. The van der Waals surface area contributed by atoms with Crippen LogP contribution in [0.5, 0.6) is 5.75 Å². The Morgan fingerprint density at radius 2 is 2.00 bits per heavy atom. The van der Waals surface area contributed by atoms with Gasteiger partial charge in [0.25, 0.3) is 5.91 Å². The van der Waals surface area contributed by atoms with Crippen LogP contribution in [-0.2, 0) is 4.79 Å². The average Bonchev–Trinajstić information content (AvgIpc) is 2.41. The number of carbonyl (C=O) groups is 1. The van der Waals surface area contributed by atoms with E-state index in [0.29, 0.717) is 0 Å². The number of aliphatic hydroxyl groups is 2. The highest BCUT2D eigenvalue weighted by molar-refractivity contribution is 5.81. The van der Waals surface area contributed by atoms with Crippen molar-refractivity contribution in [3.8, 4) is 5.75 Å². The fraction of sp³-hybridized carbons (Fsp3) is 0.462. The number of nitrogens with one attached hydrogen (secondary N) is 1. The number of amides is 1. The minimum Gasteiger partial charge on any atom is -0.478 e. The standard InChI is InChI=1S/C13H18FNO4/c1-9(12(18)15-13(2,7-16)8-17)19-11-6-4-3-5-10(11)14/h3-6,9,16-17H,7-8H2,1-2H3,(H,15,18). The molecule has 0 saturated heterocycles. The monoisotopic (exact) mass is 271 g/mol. The summed E-state index contributed by atoms with van der Waals surface area (Å²) < 4.78 is 18.5. The van der Waals surface area contributed by atoms with Gasteiger partial charge in [-0.15, -0.1) is 0 Å². The van der Waals surface area contributed by atoms with Crippen molar-refractivity contribution < 1.29 is 24.1 Å². The lowest BCUT2D eigenvalue weighted by molar-refractivity contribution is -0.130. The number of ether oxygens (including phenoxy) is 1. The van der Waals surface area contributed by atoms with Crippen LogP contribution in [0.1, 0.15) is 13.8 Å². The first-order valence-electron chi connectivity index (χ1n) is 5.87.